The van der Waals surface area contributed by atoms with Crippen LogP contribution >= 0.6 is 0 Å². The van der Waals surface area contributed by atoms with Crippen LogP contribution in [0.25, 0.3) is 0 Å². The first-order chi connectivity index (χ1) is 8.10. The molecule has 1 aromatic heterocycles. The van der Waals surface area contributed by atoms with E-state index in [9.17, 15) is 13.2 Å². The number of ether oxygens (including phenoxy) is 1. The molecule has 0 bridgehead atoms. The Bertz CT molecular complexity index is 496. The molecule has 0 spiro atoms. The molecule has 1 aromatic rings. The quantitative estimate of drug-likeness (QED) is 0.750. The number of hydrogen-bond acceptors (Lipinski definition) is 5. The molecule has 1 heterocycles. The van der Waals surface area contributed by atoms with Crippen LogP contribution in [0.15, 0.2) is 24.4 Å². The summed E-state index contributed by atoms with van der Waals surface area (Å²) >= 11 is 0. The number of nitrogens with zero attached hydrogens (tertiary/aromatic N) is 1. The topological polar surface area (TPSA) is 85.4 Å². The largest absolute Gasteiger partial charge is 0.350 e. The summed E-state index contributed by atoms with van der Waals surface area (Å²) in [5, 5.41) is 0. The highest BCUT2D eigenvalue weighted by molar-refractivity contribution is 7.94. The lowest BCUT2D eigenvalue weighted by molar-refractivity contribution is -0.112. The van der Waals surface area contributed by atoms with E-state index in [0.29, 0.717) is 19.1 Å². The number of nitrogens with one attached hydrogen (secondary N) is 1. The summed E-state index contributed by atoms with van der Waals surface area (Å²) in [6.07, 6.45) is 2.81. The molecule has 0 radical (unpaired) electrons. The first kappa shape index (κ1) is 12.0. The summed E-state index contributed by atoms with van der Waals surface area (Å²) in [7, 11) is -3.67. The number of hydrogen-bond donors (Lipinski definition) is 1. The Labute approximate surface area is 99.1 Å². The van der Waals surface area contributed by atoms with Gasteiger partial charge in [-0.15, -0.1) is 0 Å². The lowest BCUT2D eigenvalue weighted by Gasteiger charge is -2.16. The fourth-order valence-electron chi connectivity index (χ4n) is 1.43. The number of pyridine rings is 1. The second-order valence-electron chi connectivity index (χ2n) is 3.71. The number of sulfonamides is 1. The van der Waals surface area contributed by atoms with Gasteiger partial charge in [0.25, 0.3) is 10.0 Å². The lowest BCUT2D eigenvalue weighted by atomic mass is 10.5. The Balaban J connectivity index is 2.12. The van der Waals surface area contributed by atoms with E-state index in [4.69, 9.17) is 4.74 Å². The van der Waals surface area contributed by atoms with Crippen LogP contribution in [-0.2, 0) is 19.6 Å². The molecule has 1 aliphatic carbocycles. The molecule has 1 fully saturated rings. The van der Waals surface area contributed by atoms with Crippen molar-refractivity contribution < 1.29 is 17.9 Å². The molecule has 92 valence electrons. The van der Waals surface area contributed by atoms with Gasteiger partial charge in [0, 0.05) is 6.20 Å². The van der Waals surface area contributed by atoms with Crippen molar-refractivity contribution in [3.05, 3.63) is 24.4 Å². The maximum atomic E-state index is 12.0. The van der Waals surface area contributed by atoms with Crippen molar-refractivity contribution in [2.75, 3.05) is 11.3 Å². The maximum Gasteiger partial charge on any atom is 0.263 e. The van der Waals surface area contributed by atoms with Crippen molar-refractivity contribution in [2.45, 2.75) is 17.8 Å². The molecule has 17 heavy (non-hydrogen) atoms. The van der Waals surface area contributed by atoms with Crippen LogP contribution in [0.3, 0.4) is 0 Å². The van der Waals surface area contributed by atoms with Gasteiger partial charge in [-0.3, -0.25) is 4.72 Å². The van der Waals surface area contributed by atoms with Gasteiger partial charge in [0.05, 0.1) is 0 Å². The molecule has 6 nitrogen and oxygen atoms in total. The molecule has 1 N–H and O–H groups in total. The van der Waals surface area contributed by atoms with Crippen molar-refractivity contribution >= 4 is 22.1 Å². The third kappa shape index (κ3) is 2.45. The first-order valence-electron chi connectivity index (χ1n) is 5.11. The highest BCUT2D eigenvalue weighted by Crippen LogP contribution is 2.44. The fraction of sp³-hybridized carbons (Fsp3) is 0.400. The van der Waals surface area contributed by atoms with Crippen molar-refractivity contribution in [1.29, 1.82) is 0 Å². The van der Waals surface area contributed by atoms with E-state index in [1.165, 1.54) is 6.20 Å². The number of carbonyl (C=O) groups excluding carboxylic acids is 1. The van der Waals surface area contributed by atoms with Gasteiger partial charge in [0.1, 0.15) is 18.7 Å². The average Bonchev–Trinajstić information content (AvgIpc) is 3.08. The minimum atomic E-state index is -3.67. The second-order valence-corrected chi connectivity index (χ2v) is 5.66. The summed E-state index contributed by atoms with van der Waals surface area (Å²) in [4.78, 5) is 12.8. The predicted molar refractivity (Wildman–Crippen MR) is 60.8 cm³/mol. The van der Waals surface area contributed by atoms with Gasteiger partial charge < -0.3 is 9.53 Å². The molecule has 0 amide bonds. The van der Waals surface area contributed by atoms with E-state index in [1.54, 1.807) is 18.2 Å². The molecular weight excluding hydrogens is 244 g/mol. The number of aromatic nitrogens is 1. The van der Waals surface area contributed by atoms with Gasteiger partial charge in [0.15, 0.2) is 4.93 Å². The van der Waals surface area contributed by atoms with E-state index in [-0.39, 0.29) is 12.4 Å². The molecule has 1 saturated carbocycles. The molecule has 1 aliphatic rings. The number of rotatable bonds is 6. The third-order valence-corrected chi connectivity index (χ3v) is 4.45. The number of aldehydes is 1. The van der Waals surface area contributed by atoms with E-state index in [0.717, 1.165) is 0 Å². The van der Waals surface area contributed by atoms with Crippen molar-refractivity contribution in [2.24, 2.45) is 0 Å². The highest BCUT2D eigenvalue weighted by Gasteiger charge is 2.56. The van der Waals surface area contributed by atoms with Gasteiger partial charge >= 0.3 is 0 Å². The van der Waals surface area contributed by atoms with E-state index < -0.39 is 15.0 Å². The Morgan fingerprint density at radius 3 is 2.76 bits per heavy atom. The zero-order valence-electron chi connectivity index (χ0n) is 9.00. The Morgan fingerprint density at radius 1 is 1.47 bits per heavy atom. The summed E-state index contributed by atoms with van der Waals surface area (Å²) < 4.78 is 31.4. The van der Waals surface area contributed by atoms with Crippen LogP contribution in [0.1, 0.15) is 12.8 Å². The molecule has 2 rings (SSSR count). The zero-order valence-corrected chi connectivity index (χ0v) is 9.81. The average molecular weight is 256 g/mol. The van der Waals surface area contributed by atoms with Gasteiger partial charge in [0.2, 0.25) is 0 Å². The van der Waals surface area contributed by atoms with Crippen LogP contribution in [0.4, 0.5) is 5.82 Å². The van der Waals surface area contributed by atoms with Crippen molar-refractivity contribution in [1.82, 2.24) is 4.98 Å². The Morgan fingerprint density at radius 2 is 2.24 bits per heavy atom. The highest BCUT2D eigenvalue weighted by atomic mass is 32.2. The number of anilines is 1. The standard InChI is InChI=1S/C10H12N2O4S/c13-7-8-16-10(4-5-10)17(14,15)12-9-3-1-2-6-11-9/h1-3,6-7H,4-5,8H2,(H,11,12). The van der Waals surface area contributed by atoms with Crippen molar-refractivity contribution in [3.8, 4) is 0 Å². The normalized spacial score (nSPS) is 17.4. The smallest absolute Gasteiger partial charge is 0.263 e. The van der Waals surface area contributed by atoms with E-state index in [1.807, 2.05) is 0 Å². The summed E-state index contributed by atoms with van der Waals surface area (Å²) in [5.74, 6) is 0.244. The first-order valence-corrected chi connectivity index (χ1v) is 6.59. The third-order valence-electron chi connectivity index (χ3n) is 2.47. The molecule has 0 aliphatic heterocycles. The minimum Gasteiger partial charge on any atom is -0.350 e. The molecule has 0 atom stereocenters. The van der Waals surface area contributed by atoms with Crippen LogP contribution in [0.2, 0.25) is 0 Å². The van der Waals surface area contributed by atoms with Crippen LogP contribution in [0, 0.1) is 0 Å². The number of carbonyl (C=O) groups is 1. The molecule has 7 heteroatoms. The summed E-state index contributed by atoms with van der Waals surface area (Å²) in [6, 6.07) is 4.91. The van der Waals surface area contributed by atoms with Gasteiger partial charge in [-0.05, 0) is 25.0 Å². The van der Waals surface area contributed by atoms with E-state index in [2.05, 4.69) is 9.71 Å². The summed E-state index contributed by atoms with van der Waals surface area (Å²) in [6.45, 7) is -0.219. The molecule has 0 saturated heterocycles. The molecular formula is C10H12N2O4S. The molecule has 0 unspecified atom stereocenters. The monoisotopic (exact) mass is 256 g/mol. The second kappa shape index (κ2) is 4.42. The summed E-state index contributed by atoms with van der Waals surface area (Å²) in [5.41, 5.74) is 0. The predicted octanol–water partition coefficient (Wildman–Crippen LogP) is 0.529. The van der Waals surface area contributed by atoms with Gasteiger partial charge in [-0.2, -0.15) is 0 Å². The SMILES string of the molecule is O=CCOC1(S(=O)(=O)Nc2ccccn2)CC1. The van der Waals surface area contributed by atoms with Gasteiger partial charge in [-0.1, -0.05) is 6.07 Å². The fourth-order valence-corrected chi connectivity index (χ4v) is 2.88. The minimum absolute atomic E-state index is 0.219. The van der Waals surface area contributed by atoms with Crippen molar-refractivity contribution in [3.63, 3.8) is 0 Å². The zero-order chi connectivity index (χ0) is 12.4. The Kier molecular flexibility index (Phi) is 3.12. The van der Waals surface area contributed by atoms with Crippen LogP contribution in [-0.4, -0.2) is 31.2 Å². The Hall–Kier alpha value is -1.47. The maximum absolute atomic E-state index is 12.0. The van der Waals surface area contributed by atoms with Gasteiger partial charge in [-0.25, -0.2) is 13.4 Å². The van der Waals surface area contributed by atoms with E-state index >= 15 is 0 Å². The van der Waals surface area contributed by atoms with Crippen LogP contribution < -0.4 is 4.72 Å². The lowest BCUT2D eigenvalue weighted by Crippen LogP contribution is -2.33. The molecule has 0 aromatic carbocycles. The van der Waals surface area contributed by atoms with Crippen LogP contribution in [0.5, 0.6) is 0 Å².